The number of urea groups is 1. The number of carbonyl (C=O) groups is 1. The molecule has 1 aromatic rings. The van der Waals surface area contributed by atoms with E-state index in [1.165, 1.54) is 11.1 Å². The molecular formula is C14H16N2O. The summed E-state index contributed by atoms with van der Waals surface area (Å²) in [6, 6.07) is 10.8. The van der Waals surface area contributed by atoms with Crippen LogP contribution in [0.3, 0.4) is 0 Å². The Morgan fingerprint density at radius 3 is 2.71 bits per heavy atom. The molecule has 3 heteroatoms. The third-order valence-corrected chi connectivity index (χ3v) is 3.26. The largest absolute Gasteiger partial charge is 0.335 e. The first kappa shape index (κ1) is 10.4. The number of hydrogen-bond acceptors (Lipinski definition) is 1. The van der Waals surface area contributed by atoms with Gasteiger partial charge >= 0.3 is 6.03 Å². The van der Waals surface area contributed by atoms with Gasteiger partial charge in [-0.1, -0.05) is 36.4 Å². The highest BCUT2D eigenvalue weighted by molar-refractivity contribution is 5.81. The van der Waals surface area contributed by atoms with Crippen LogP contribution in [0, 0.1) is 0 Å². The minimum Gasteiger partial charge on any atom is -0.335 e. The fourth-order valence-corrected chi connectivity index (χ4v) is 2.06. The van der Waals surface area contributed by atoms with Crippen LogP contribution in [0.4, 0.5) is 4.79 Å². The fraction of sp³-hybridized carbons (Fsp3) is 0.357. The summed E-state index contributed by atoms with van der Waals surface area (Å²) >= 11 is 0. The van der Waals surface area contributed by atoms with Gasteiger partial charge in [-0.2, -0.15) is 0 Å². The van der Waals surface area contributed by atoms with Crippen molar-refractivity contribution in [3.05, 3.63) is 42.0 Å². The molecule has 3 rings (SSSR count). The second kappa shape index (κ2) is 4.24. The lowest BCUT2D eigenvalue weighted by Gasteiger charge is -2.17. The van der Waals surface area contributed by atoms with Crippen LogP contribution in [0.5, 0.6) is 0 Å². The van der Waals surface area contributed by atoms with Crippen molar-refractivity contribution < 1.29 is 4.79 Å². The van der Waals surface area contributed by atoms with Gasteiger partial charge in [0.25, 0.3) is 0 Å². The van der Waals surface area contributed by atoms with E-state index in [0.29, 0.717) is 6.04 Å². The number of nitrogens with zero attached hydrogens (tertiary/aromatic N) is 1. The Bertz CT molecular complexity index is 449. The van der Waals surface area contributed by atoms with Crippen molar-refractivity contribution in [2.24, 2.45) is 0 Å². The smallest absolute Gasteiger partial charge is 0.318 e. The van der Waals surface area contributed by atoms with Gasteiger partial charge in [0.2, 0.25) is 0 Å². The second-order valence-electron chi connectivity index (χ2n) is 4.70. The molecule has 0 atom stereocenters. The highest BCUT2D eigenvalue weighted by Gasteiger charge is 2.27. The number of hydrogen-bond donors (Lipinski definition) is 1. The maximum atomic E-state index is 11.9. The normalized spacial score (nSPS) is 19.1. The molecule has 0 bridgehead atoms. The Morgan fingerprint density at radius 1 is 1.24 bits per heavy atom. The van der Waals surface area contributed by atoms with Crippen molar-refractivity contribution in [3.8, 4) is 0 Å². The lowest BCUT2D eigenvalue weighted by atomic mass is 10.1. The van der Waals surface area contributed by atoms with Crippen LogP contribution in [0.15, 0.2) is 36.4 Å². The molecule has 1 saturated carbocycles. The Hall–Kier alpha value is -1.77. The van der Waals surface area contributed by atoms with E-state index in [0.717, 1.165) is 25.9 Å². The van der Waals surface area contributed by atoms with Gasteiger partial charge in [0.15, 0.2) is 0 Å². The number of nitrogens with one attached hydrogen (secondary N) is 1. The summed E-state index contributed by atoms with van der Waals surface area (Å²) in [4.78, 5) is 13.7. The average Bonchev–Trinajstić information content (AvgIpc) is 3.04. The second-order valence-corrected chi connectivity index (χ2v) is 4.70. The van der Waals surface area contributed by atoms with Crippen molar-refractivity contribution in [1.82, 2.24) is 10.2 Å². The maximum absolute atomic E-state index is 11.9. The van der Waals surface area contributed by atoms with E-state index in [4.69, 9.17) is 0 Å². The Morgan fingerprint density at radius 2 is 2.00 bits per heavy atom. The lowest BCUT2D eigenvalue weighted by molar-refractivity contribution is 0.210. The fourth-order valence-electron chi connectivity index (χ4n) is 2.06. The number of amides is 2. The van der Waals surface area contributed by atoms with Gasteiger partial charge in [-0.25, -0.2) is 4.79 Å². The predicted molar refractivity (Wildman–Crippen MR) is 67.5 cm³/mol. The summed E-state index contributed by atoms with van der Waals surface area (Å²) in [5, 5.41) is 3.02. The molecule has 0 aromatic heterocycles. The molecule has 88 valence electrons. The van der Waals surface area contributed by atoms with Crippen molar-refractivity contribution in [2.45, 2.75) is 18.9 Å². The zero-order chi connectivity index (χ0) is 11.7. The van der Waals surface area contributed by atoms with Crippen molar-refractivity contribution >= 4 is 11.6 Å². The first-order valence-corrected chi connectivity index (χ1v) is 6.13. The quantitative estimate of drug-likeness (QED) is 0.827. The summed E-state index contributed by atoms with van der Waals surface area (Å²) in [5.74, 6) is 0. The van der Waals surface area contributed by atoms with Crippen molar-refractivity contribution in [2.75, 3.05) is 13.1 Å². The van der Waals surface area contributed by atoms with Gasteiger partial charge in [-0.3, -0.25) is 0 Å². The van der Waals surface area contributed by atoms with Crippen molar-refractivity contribution in [1.29, 1.82) is 0 Å². The summed E-state index contributed by atoms with van der Waals surface area (Å²) in [6.45, 7) is 1.45. The van der Waals surface area contributed by atoms with E-state index < -0.39 is 0 Å². The van der Waals surface area contributed by atoms with Crippen LogP contribution in [-0.4, -0.2) is 30.1 Å². The maximum Gasteiger partial charge on any atom is 0.318 e. The van der Waals surface area contributed by atoms with Crippen LogP contribution in [0.1, 0.15) is 18.4 Å². The molecule has 0 saturated heterocycles. The summed E-state index contributed by atoms with van der Waals surface area (Å²) in [5.41, 5.74) is 2.46. The zero-order valence-corrected chi connectivity index (χ0v) is 9.73. The molecule has 3 nitrogen and oxygen atoms in total. The highest BCUT2D eigenvalue weighted by Crippen LogP contribution is 2.22. The third kappa shape index (κ3) is 2.33. The van der Waals surface area contributed by atoms with E-state index >= 15 is 0 Å². The van der Waals surface area contributed by atoms with Crippen LogP contribution in [0.2, 0.25) is 0 Å². The first-order chi connectivity index (χ1) is 8.33. The lowest BCUT2D eigenvalue weighted by Crippen LogP contribution is -2.39. The van der Waals surface area contributed by atoms with E-state index in [2.05, 4.69) is 23.5 Å². The standard InChI is InChI=1S/C14H16N2O/c17-14(15-13-6-7-13)16-9-8-12(10-16)11-4-2-1-3-5-11/h1-5,8,13H,6-7,9-10H2,(H,15,17). The molecule has 0 unspecified atom stereocenters. The van der Waals surface area contributed by atoms with Crippen molar-refractivity contribution in [3.63, 3.8) is 0 Å². The Labute approximate surface area is 101 Å². The van der Waals surface area contributed by atoms with E-state index in [-0.39, 0.29) is 6.03 Å². The van der Waals surface area contributed by atoms with E-state index in [9.17, 15) is 4.79 Å². The molecule has 0 spiro atoms. The van der Waals surface area contributed by atoms with Crippen LogP contribution in [-0.2, 0) is 0 Å². The molecule has 1 aliphatic heterocycles. The minimum absolute atomic E-state index is 0.0784. The molecule has 1 heterocycles. The third-order valence-electron chi connectivity index (χ3n) is 3.26. The van der Waals surface area contributed by atoms with Gasteiger partial charge in [-0.15, -0.1) is 0 Å². The topological polar surface area (TPSA) is 32.3 Å². The summed E-state index contributed by atoms with van der Waals surface area (Å²) in [7, 11) is 0. The monoisotopic (exact) mass is 228 g/mol. The van der Waals surface area contributed by atoms with Gasteiger partial charge < -0.3 is 10.2 Å². The predicted octanol–water partition coefficient (Wildman–Crippen LogP) is 2.26. The minimum atomic E-state index is 0.0784. The van der Waals surface area contributed by atoms with Gasteiger partial charge in [0.05, 0.1) is 0 Å². The molecule has 1 aliphatic carbocycles. The number of carbonyl (C=O) groups excluding carboxylic acids is 1. The van der Waals surface area contributed by atoms with Gasteiger partial charge in [0, 0.05) is 19.1 Å². The molecule has 2 amide bonds. The van der Waals surface area contributed by atoms with Crippen LogP contribution in [0.25, 0.3) is 5.57 Å². The first-order valence-electron chi connectivity index (χ1n) is 6.13. The molecule has 17 heavy (non-hydrogen) atoms. The van der Waals surface area contributed by atoms with Gasteiger partial charge in [-0.05, 0) is 24.0 Å². The summed E-state index contributed by atoms with van der Waals surface area (Å²) in [6.07, 6.45) is 4.42. The average molecular weight is 228 g/mol. The van der Waals surface area contributed by atoms with Gasteiger partial charge in [0.1, 0.15) is 0 Å². The van der Waals surface area contributed by atoms with E-state index in [1.807, 2.05) is 23.1 Å². The SMILES string of the molecule is O=C(NC1CC1)N1CC=C(c2ccccc2)C1. The molecular weight excluding hydrogens is 212 g/mol. The van der Waals surface area contributed by atoms with Crippen LogP contribution < -0.4 is 5.32 Å². The molecule has 1 aromatic carbocycles. The number of benzene rings is 1. The van der Waals surface area contributed by atoms with E-state index in [1.54, 1.807) is 0 Å². The Balaban J connectivity index is 1.62. The molecule has 2 aliphatic rings. The molecule has 1 fully saturated rings. The van der Waals surface area contributed by atoms with Crippen LogP contribution >= 0.6 is 0 Å². The molecule has 0 radical (unpaired) electrons. The molecule has 1 N–H and O–H groups in total. The highest BCUT2D eigenvalue weighted by atomic mass is 16.2. The summed E-state index contributed by atoms with van der Waals surface area (Å²) < 4.78 is 0. The number of rotatable bonds is 2. The zero-order valence-electron chi connectivity index (χ0n) is 9.73. The Kier molecular flexibility index (Phi) is 2.59.